The molecule has 1 aliphatic heterocycles. The van der Waals surface area contributed by atoms with Gasteiger partial charge >= 0.3 is 0 Å². The average Bonchev–Trinajstić information content (AvgIpc) is 3.01. The molecule has 21 heavy (non-hydrogen) atoms. The zero-order valence-corrected chi connectivity index (χ0v) is 11.5. The molecule has 1 aliphatic rings. The molecule has 0 aliphatic carbocycles. The van der Waals surface area contributed by atoms with E-state index in [-0.39, 0.29) is 5.82 Å². The lowest BCUT2D eigenvalue weighted by atomic mass is 10.1. The summed E-state index contributed by atoms with van der Waals surface area (Å²) in [7, 11) is 3.58. The van der Waals surface area contributed by atoms with Crippen molar-refractivity contribution in [3.63, 3.8) is 0 Å². The summed E-state index contributed by atoms with van der Waals surface area (Å²) in [5.74, 6) is 0.688. The van der Waals surface area contributed by atoms with Crippen LogP contribution >= 0.6 is 0 Å². The largest absolute Gasteiger partial charge is 0.394 e. The van der Waals surface area contributed by atoms with Gasteiger partial charge < -0.3 is 25.0 Å². The van der Waals surface area contributed by atoms with E-state index in [4.69, 9.17) is 9.84 Å². The van der Waals surface area contributed by atoms with Crippen molar-refractivity contribution in [2.24, 2.45) is 0 Å². The number of aliphatic hydroxyl groups excluding tert-OH is 3. The van der Waals surface area contributed by atoms with Crippen LogP contribution in [-0.2, 0) is 4.74 Å². The van der Waals surface area contributed by atoms with Crippen molar-refractivity contribution in [3.8, 4) is 0 Å². The minimum atomic E-state index is -1.22. The molecule has 4 atom stereocenters. The molecule has 10 heteroatoms. The van der Waals surface area contributed by atoms with Gasteiger partial charge in [0.1, 0.15) is 24.4 Å². The first-order chi connectivity index (χ1) is 10.0. The molecular formula is C11H16N6O4. The van der Waals surface area contributed by atoms with E-state index >= 15 is 0 Å². The maximum absolute atomic E-state index is 10.0. The van der Waals surface area contributed by atoms with Crippen molar-refractivity contribution in [1.29, 1.82) is 0 Å². The van der Waals surface area contributed by atoms with Gasteiger partial charge in [0.15, 0.2) is 11.5 Å². The molecule has 2 aromatic rings. The molecule has 0 aromatic carbocycles. The zero-order chi connectivity index (χ0) is 15.1. The quantitative estimate of drug-likeness (QED) is 0.574. The van der Waals surface area contributed by atoms with Crippen LogP contribution in [0.5, 0.6) is 0 Å². The molecule has 0 amide bonds. The summed E-state index contributed by atoms with van der Waals surface area (Å²) in [4.78, 5) is 5.82. The fourth-order valence-corrected chi connectivity index (χ4v) is 2.21. The Bertz CT molecular complexity index is 647. The average molecular weight is 296 g/mol. The van der Waals surface area contributed by atoms with Crippen LogP contribution in [0.15, 0.2) is 6.20 Å². The number of hydrogen-bond donors (Lipinski definition) is 3. The van der Waals surface area contributed by atoms with E-state index < -0.39 is 31.0 Å². The predicted molar refractivity (Wildman–Crippen MR) is 69.6 cm³/mol. The molecular weight excluding hydrogens is 280 g/mol. The number of aromatic nitrogens is 5. The van der Waals surface area contributed by atoms with Gasteiger partial charge in [-0.05, 0) is 0 Å². The van der Waals surface area contributed by atoms with E-state index in [9.17, 15) is 10.2 Å². The third kappa shape index (κ3) is 2.21. The van der Waals surface area contributed by atoms with Gasteiger partial charge in [0, 0.05) is 14.1 Å². The molecule has 3 heterocycles. The Morgan fingerprint density at radius 2 is 2.05 bits per heavy atom. The Morgan fingerprint density at radius 1 is 1.29 bits per heavy atom. The summed E-state index contributed by atoms with van der Waals surface area (Å²) >= 11 is 0. The predicted octanol–water partition coefficient (Wildman–Crippen LogP) is -2.26. The molecule has 2 aromatic heterocycles. The van der Waals surface area contributed by atoms with E-state index in [1.54, 1.807) is 19.0 Å². The number of anilines is 1. The molecule has 0 saturated carbocycles. The number of aliphatic hydroxyl groups is 3. The van der Waals surface area contributed by atoms with Crippen molar-refractivity contribution in [3.05, 3.63) is 12.0 Å². The smallest absolute Gasteiger partial charge is 0.243 e. The molecule has 0 unspecified atom stereocenters. The third-order valence-electron chi connectivity index (χ3n) is 3.37. The molecule has 3 rings (SSSR count). The molecule has 10 nitrogen and oxygen atoms in total. The van der Waals surface area contributed by atoms with Gasteiger partial charge in [0.2, 0.25) is 5.95 Å². The second-order valence-corrected chi connectivity index (χ2v) is 5.04. The third-order valence-corrected chi connectivity index (χ3v) is 3.37. The van der Waals surface area contributed by atoms with E-state index in [0.29, 0.717) is 11.6 Å². The van der Waals surface area contributed by atoms with Crippen LogP contribution in [0, 0.1) is 0 Å². The van der Waals surface area contributed by atoms with E-state index in [2.05, 4.69) is 20.3 Å². The summed E-state index contributed by atoms with van der Waals surface area (Å²) in [5.41, 5.74) is 0.397. The highest BCUT2D eigenvalue weighted by molar-refractivity contribution is 5.37. The summed E-state index contributed by atoms with van der Waals surface area (Å²) in [6.07, 6.45) is -2.69. The molecule has 3 N–H and O–H groups in total. The Labute approximate surface area is 119 Å². The normalized spacial score (nSPS) is 29.2. The molecule has 114 valence electrons. The number of nitrogens with zero attached hydrogens (tertiary/aromatic N) is 6. The van der Waals surface area contributed by atoms with Crippen molar-refractivity contribution < 1.29 is 20.1 Å². The first-order valence-corrected chi connectivity index (χ1v) is 6.41. The molecule has 1 saturated heterocycles. The lowest BCUT2D eigenvalue weighted by molar-refractivity contribution is -0.0258. The Balaban J connectivity index is 2.02. The highest BCUT2D eigenvalue weighted by Crippen LogP contribution is 2.32. The first kappa shape index (κ1) is 14.1. The molecule has 0 spiro atoms. The monoisotopic (exact) mass is 296 g/mol. The summed E-state index contributed by atoms with van der Waals surface area (Å²) in [6.45, 7) is -0.399. The lowest BCUT2D eigenvalue weighted by Gasteiger charge is -2.13. The summed E-state index contributed by atoms with van der Waals surface area (Å²) < 4.78 is 6.85. The van der Waals surface area contributed by atoms with Gasteiger partial charge in [-0.15, -0.1) is 15.3 Å². The molecule has 0 bridgehead atoms. The van der Waals surface area contributed by atoms with Gasteiger partial charge in [-0.25, -0.2) is 4.98 Å². The number of hydrogen-bond acceptors (Lipinski definition) is 9. The first-order valence-electron chi connectivity index (χ1n) is 6.41. The van der Waals surface area contributed by atoms with Crippen LogP contribution in [0.4, 0.5) is 5.95 Å². The van der Waals surface area contributed by atoms with Crippen molar-refractivity contribution in [1.82, 2.24) is 24.8 Å². The van der Waals surface area contributed by atoms with Gasteiger partial charge in [-0.2, -0.15) is 4.52 Å². The fraction of sp³-hybridized carbons (Fsp3) is 0.636. The van der Waals surface area contributed by atoms with Gasteiger partial charge in [0.05, 0.1) is 12.8 Å². The van der Waals surface area contributed by atoms with Crippen molar-refractivity contribution >= 4 is 11.6 Å². The Morgan fingerprint density at radius 3 is 2.67 bits per heavy atom. The molecule has 1 fully saturated rings. The van der Waals surface area contributed by atoms with E-state index in [0.717, 1.165) is 0 Å². The number of rotatable bonds is 3. The Kier molecular flexibility index (Phi) is 3.45. The van der Waals surface area contributed by atoms with Crippen LogP contribution in [0.25, 0.3) is 5.65 Å². The maximum atomic E-state index is 10.0. The second kappa shape index (κ2) is 5.15. The lowest BCUT2D eigenvalue weighted by Crippen LogP contribution is -2.32. The minimum absolute atomic E-state index is 0.248. The second-order valence-electron chi connectivity index (χ2n) is 5.04. The number of fused-ring (bicyclic) bond motifs is 1. The van der Waals surface area contributed by atoms with Crippen LogP contribution in [0.2, 0.25) is 0 Å². The van der Waals surface area contributed by atoms with Gasteiger partial charge in [-0.3, -0.25) is 0 Å². The Hall–Kier alpha value is -1.88. The van der Waals surface area contributed by atoms with Crippen LogP contribution in [0.1, 0.15) is 11.9 Å². The maximum Gasteiger partial charge on any atom is 0.243 e. The van der Waals surface area contributed by atoms with E-state index in [1.165, 1.54) is 10.7 Å². The van der Waals surface area contributed by atoms with Crippen molar-refractivity contribution in [2.45, 2.75) is 24.4 Å². The van der Waals surface area contributed by atoms with Crippen LogP contribution in [-0.4, -0.2) is 79.1 Å². The van der Waals surface area contributed by atoms with E-state index in [1.807, 2.05) is 0 Å². The van der Waals surface area contributed by atoms with Gasteiger partial charge in [-0.1, -0.05) is 0 Å². The topological polar surface area (TPSA) is 129 Å². The highest BCUT2D eigenvalue weighted by atomic mass is 16.6. The van der Waals surface area contributed by atoms with Gasteiger partial charge in [0.25, 0.3) is 0 Å². The standard InChI is InChI=1S/C11H16N6O4/c1-16(2)11-12-3-6-13-14-10(17(6)15-11)9-8(20)7(19)5(4-18)21-9/h3,5,7-9,18-20H,4H2,1-2H3/t5-,7-,8-,9-/m1/s1. The highest BCUT2D eigenvalue weighted by Gasteiger charge is 2.45. The summed E-state index contributed by atoms with van der Waals surface area (Å²) in [6, 6.07) is 0. The SMILES string of the molecule is CN(C)c1ncc2nnc([C@@H]3O[C@H](CO)[C@@H](O)[C@H]3O)n2n1. The van der Waals surface area contributed by atoms with Crippen molar-refractivity contribution in [2.75, 3.05) is 25.6 Å². The van der Waals surface area contributed by atoms with Crippen LogP contribution in [0.3, 0.4) is 0 Å². The number of ether oxygens (including phenoxy) is 1. The molecule has 0 radical (unpaired) electrons. The zero-order valence-electron chi connectivity index (χ0n) is 11.5. The minimum Gasteiger partial charge on any atom is -0.394 e. The van der Waals surface area contributed by atoms with Crippen LogP contribution < -0.4 is 4.90 Å². The summed E-state index contributed by atoms with van der Waals surface area (Å²) in [5, 5.41) is 41.1. The fourth-order valence-electron chi connectivity index (χ4n) is 2.21.